The molecule has 0 spiro atoms. The second-order valence-electron chi connectivity index (χ2n) is 5.47. The van der Waals surface area contributed by atoms with Gasteiger partial charge in [-0.05, 0) is 56.4 Å². The number of methoxy groups -OCH3 is 1. The van der Waals surface area contributed by atoms with Crippen LogP contribution in [-0.4, -0.2) is 18.8 Å². The van der Waals surface area contributed by atoms with Gasteiger partial charge in [0.15, 0.2) is 5.11 Å². The summed E-state index contributed by atoms with van der Waals surface area (Å²) < 4.78 is 34.0. The summed E-state index contributed by atoms with van der Waals surface area (Å²) in [5.41, 5.74) is 2.79. The van der Waals surface area contributed by atoms with Crippen molar-refractivity contribution in [3.05, 3.63) is 53.6 Å². The highest BCUT2D eigenvalue weighted by atomic mass is 32.1. The summed E-state index contributed by atoms with van der Waals surface area (Å²) in [5, 5.41) is 6.61. The number of nitrogens with one attached hydrogen (secondary N) is 2. The van der Waals surface area contributed by atoms with E-state index in [-0.39, 0.29) is 11.8 Å². The maximum atomic E-state index is 12.1. The summed E-state index contributed by atoms with van der Waals surface area (Å²) in [7, 11) is 1.63. The molecule has 0 aliphatic rings. The Hall–Kier alpha value is -2.41. The third-order valence-corrected chi connectivity index (χ3v) is 3.76. The molecule has 2 aromatic rings. The van der Waals surface area contributed by atoms with E-state index in [0.717, 1.165) is 16.9 Å². The van der Waals surface area contributed by atoms with E-state index in [9.17, 15) is 8.78 Å². The SMILES string of the molecule is COc1ccc(C)cc1[C@@H](C)NC(=S)Nc1ccc(OC(F)F)cc1. The zero-order valence-corrected chi connectivity index (χ0v) is 15.0. The summed E-state index contributed by atoms with van der Waals surface area (Å²) in [6.45, 7) is 1.15. The standard InChI is InChI=1S/C18H20F2N2O2S/c1-11-4-9-16(23-3)15(10-11)12(2)21-18(25)22-13-5-7-14(8-6-13)24-17(19)20/h4-10,12,17H,1-3H3,(H2,21,22,25)/t12-/m1/s1. The summed E-state index contributed by atoms with van der Waals surface area (Å²) in [5.74, 6) is 0.874. The topological polar surface area (TPSA) is 42.5 Å². The highest BCUT2D eigenvalue weighted by molar-refractivity contribution is 7.80. The highest BCUT2D eigenvalue weighted by Gasteiger charge is 2.13. The number of thiocarbonyl (C=S) groups is 1. The van der Waals surface area contributed by atoms with Crippen LogP contribution in [0.25, 0.3) is 0 Å². The summed E-state index contributed by atoms with van der Waals surface area (Å²) in [4.78, 5) is 0. The van der Waals surface area contributed by atoms with Crippen molar-refractivity contribution in [1.82, 2.24) is 5.32 Å². The minimum atomic E-state index is -2.84. The van der Waals surface area contributed by atoms with E-state index in [2.05, 4.69) is 15.4 Å². The number of hydrogen-bond donors (Lipinski definition) is 2. The summed E-state index contributed by atoms with van der Waals surface area (Å²) in [6, 6.07) is 12.0. The Kier molecular flexibility index (Phi) is 6.52. The first-order valence-corrected chi connectivity index (χ1v) is 8.07. The van der Waals surface area contributed by atoms with Crippen molar-refractivity contribution >= 4 is 23.0 Å². The molecule has 0 fully saturated rings. The second-order valence-corrected chi connectivity index (χ2v) is 5.88. The number of hydrogen-bond acceptors (Lipinski definition) is 3. The van der Waals surface area contributed by atoms with Crippen LogP contribution in [0.2, 0.25) is 0 Å². The summed E-state index contributed by atoms with van der Waals surface area (Å²) in [6.07, 6.45) is 0. The maximum Gasteiger partial charge on any atom is 0.387 e. The maximum absolute atomic E-state index is 12.1. The Morgan fingerprint density at radius 2 is 1.80 bits per heavy atom. The van der Waals surface area contributed by atoms with E-state index < -0.39 is 6.61 Å². The van der Waals surface area contributed by atoms with Gasteiger partial charge >= 0.3 is 6.61 Å². The first kappa shape index (κ1) is 18.9. The fourth-order valence-electron chi connectivity index (χ4n) is 2.35. The third-order valence-electron chi connectivity index (χ3n) is 3.54. The Bertz CT molecular complexity index is 724. The molecule has 7 heteroatoms. The molecule has 0 heterocycles. The molecular weight excluding hydrogens is 346 g/mol. The third kappa shape index (κ3) is 5.56. The van der Waals surface area contributed by atoms with Gasteiger partial charge in [-0.1, -0.05) is 17.7 Å². The molecule has 25 heavy (non-hydrogen) atoms. The Balaban J connectivity index is 1.99. The molecule has 0 amide bonds. The van der Waals surface area contributed by atoms with Gasteiger partial charge in [0, 0.05) is 11.3 Å². The van der Waals surface area contributed by atoms with Gasteiger partial charge in [-0.25, -0.2) is 0 Å². The minimum Gasteiger partial charge on any atom is -0.496 e. The highest BCUT2D eigenvalue weighted by Crippen LogP contribution is 2.26. The van der Waals surface area contributed by atoms with Crippen molar-refractivity contribution in [1.29, 1.82) is 0 Å². The van der Waals surface area contributed by atoms with Crippen LogP contribution in [0, 0.1) is 6.92 Å². The monoisotopic (exact) mass is 366 g/mol. The molecule has 0 bridgehead atoms. The normalized spacial score (nSPS) is 11.8. The van der Waals surface area contributed by atoms with Gasteiger partial charge in [0.25, 0.3) is 0 Å². The van der Waals surface area contributed by atoms with Crippen molar-refractivity contribution in [2.75, 3.05) is 12.4 Å². The first-order chi connectivity index (χ1) is 11.9. The molecule has 134 valence electrons. The Morgan fingerprint density at radius 1 is 1.12 bits per heavy atom. The quantitative estimate of drug-likeness (QED) is 0.729. The lowest BCUT2D eigenvalue weighted by molar-refractivity contribution is -0.0498. The number of halogens is 2. The van der Waals surface area contributed by atoms with Gasteiger partial charge < -0.3 is 20.1 Å². The van der Waals surface area contributed by atoms with Gasteiger partial charge in [0.2, 0.25) is 0 Å². The molecule has 0 saturated carbocycles. The van der Waals surface area contributed by atoms with Crippen molar-refractivity contribution < 1.29 is 18.3 Å². The molecule has 4 nitrogen and oxygen atoms in total. The average molecular weight is 366 g/mol. The zero-order valence-electron chi connectivity index (χ0n) is 14.2. The van der Waals surface area contributed by atoms with Crippen LogP contribution in [0.3, 0.4) is 0 Å². The van der Waals surface area contributed by atoms with Crippen molar-refractivity contribution in [2.45, 2.75) is 26.5 Å². The van der Waals surface area contributed by atoms with Crippen LogP contribution in [-0.2, 0) is 0 Å². The van der Waals surface area contributed by atoms with Crippen LogP contribution in [0.1, 0.15) is 24.1 Å². The molecule has 0 radical (unpaired) electrons. The average Bonchev–Trinajstić information content (AvgIpc) is 2.56. The molecule has 0 saturated heterocycles. The fourth-order valence-corrected chi connectivity index (χ4v) is 2.65. The largest absolute Gasteiger partial charge is 0.496 e. The predicted molar refractivity (Wildman–Crippen MR) is 98.6 cm³/mol. The molecule has 2 N–H and O–H groups in total. The lowest BCUT2D eigenvalue weighted by atomic mass is 10.0. The molecular formula is C18H20F2N2O2S. The van der Waals surface area contributed by atoms with E-state index in [1.807, 2.05) is 32.0 Å². The van der Waals surface area contributed by atoms with Gasteiger partial charge in [-0.2, -0.15) is 8.78 Å². The van der Waals surface area contributed by atoms with E-state index >= 15 is 0 Å². The van der Waals surface area contributed by atoms with E-state index in [1.165, 1.54) is 12.1 Å². The molecule has 2 rings (SSSR count). The lowest BCUT2D eigenvalue weighted by Gasteiger charge is -2.20. The number of aryl methyl sites for hydroxylation is 1. The lowest BCUT2D eigenvalue weighted by Crippen LogP contribution is -2.31. The summed E-state index contributed by atoms with van der Waals surface area (Å²) >= 11 is 5.31. The van der Waals surface area contributed by atoms with Gasteiger partial charge in [0.05, 0.1) is 13.2 Å². The minimum absolute atomic E-state index is 0.0729. The molecule has 0 unspecified atom stereocenters. The molecule has 1 atom stereocenters. The molecule has 0 aromatic heterocycles. The number of benzene rings is 2. The zero-order chi connectivity index (χ0) is 18.4. The van der Waals surface area contributed by atoms with Gasteiger partial charge in [-0.3, -0.25) is 0 Å². The second kappa shape index (κ2) is 8.62. The van der Waals surface area contributed by atoms with Crippen molar-refractivity contribution in [3.63, 3.8) is 0 Å². The van der Waals surface area contributed by atoms with Crippen molar-refractivity contribution in [2.24, 2.45) is 0 Å². The number of alkyl halides is 2. The van der Waals surface area contributed by atoms with E-state index in [0.29, 0.717) is 10.8 Å². The van der Waals surface area contributed by atoms with Crippen LogP contribution < -0.4 is 20.1 Å². The smallest absolute Gasteiger partial charge is 0.387 e. The van der Waals surface area contributed by atoms with Crippen LogP contribution in [0.4, 0.5) is 14.5 Å². The van der Waals surface area contributed by atoms with Crippen LogP contribution in [0.5, 0.6) is 11.5 Å². The Labute approximate surface area is 151 Å². The van der Waals surface area contributed by atoms with Crippen LogP contribution >= 0.6 is 12.2 Å². The molecule has 2 aromatic carbocycles. The fraction of sp³-hybridized carbons (Fsp3) is 0.278. The van der Waals surface area contributed by atoms with E-state index in [1.54, 1.807) is 19.2 Å². The first-order valence-electron chi connectivity index (χ1n) is 7.66. The predicted octanol–water partition coefficient (Wildman–Crippen LogP) is 4.65. The number of ether oxygens (including phenoxy) is 2. The molecule has 0 aliphatic carbocycles. The number of rotatable bonds is 6. The van der Waals surface area contributed by atoms with Gasteiger partial charge in [-0.15, -0.1) is 0 Å². The van der Waals surface area contributed by atoms with Crippen molar-refractivity contribution in [3.8, 4) is 11.5 Å². The Morgan fingerprint density at radius 3 is 2.40 bits per heavy atom. The number of anilines is 1. The van der Waals surface area contributed by atoms with Crippen LogP contribution in [0.15, 0.2) is 42.5 Å². The van der Waals surface area contributed by atoms with E-state index in [4.69, 9.17) is 17.0 Å². The molecule has 0 aliphatic heterocycles. The van der Waals surface area contributed by atoms with Gasteiger partial charge in [0.1, 0.15) is 11.5 Å².